The molecule has 12 heteroatoms. The molecule has 1 amide bonds. The highest BCUT2D eigenvalue weighted by molar-refractivity contribution is 7.90. The average Bonchev–Trinajstić information content (AvgIpc) is 3.75. The zero-order valence-electron chi connectivity index (χ0n) is 30.4. The number of hydrogen-bond donors (Lipinski definition) is 0. The third kappa shape index (κ3) is 7.54. The first-order valence-electron chi connectivity index (χ1n) is 17.6. The largest absolute Gasteiger partial charge is 0.496 e. The molecular formula is C41H42FN5O5S. The lowest BCUT2D eigenvalue weighted by Crippen LogP contribution is -2.41. The van der Waals surface area contributed by atoms with Crippen molar-refractivity contribution in [2.24, 2.45) is 0 Å². The maximum absolute atomic E-state index is 14.0. The molecule has 1 saturated heterocycles. The molecule has 0 atom stereocenters. The number of rotatable bonds is 8. The first kappa shape index (κ1) is 35.9. The van der Waals surface area contributed by atoms with Gasteiger partial charge in [-0.05, 0) is 99.5 Å². The summed E-state index contributed by atoms with van der Waals surface area (Å²) in [4.78, 5) is 19.3. The highest BCUT2D eigenvalue weighted by atomic mass is 32.2. The van der Waals surface area contributed by atoms with Gasteiger partial charge in [-0.1, -0.05) is 42.0 Å². The van der Waals surface area contributed by atoms with Gasteiger partial charge in [0.05, 0.1) is 24.7 Å². The molecule has 4 heterocycles. The standard InChI is InChI=1S/C41H42FN5O5S/c1-27-9-12-34(13-10-27)53(49,50)47-26-37(32-23-44-46(25-32)24-28-7-6-8-33(42)19-28)36-20-31(22-43-39(36)47)30-11-14-35(38(21-30)51-5)29-15-17-45(18-16-29)40(48)52-41(2,3)4/h6-14,19-23,25-26,29H,15-18,24H2,1-5H3. The monoisotopic (exact) mass is 735 g/mol. The Morgan fingerprint density at radius 3 is 2.38 bits per heavy atom. The number of aromatic nitrogens is 4. The van der Waals surface area contributed by atoms with Gasteiger partial charge in [0, 0.05) is 53.8 Å². The van der Waals surface area contributed by atoms with Crippen LogP contribution in [-0.2, 0) is 21.3 Å². The molecule has 0 spiro atoms. The van der Waals surface area contributed by atoms with E-state index in [0.717, 1.165) is 46.4 Å². The Hall–Kier alpha value is -5.49. The van der Waals surface area contributed by atoms with Gasteiger partial charge in [0.1, 0.15) is 17.2 Å². The minimum atomic E-state index is -4.01. The van der Waals surface area contributed by atoms with Crippen molar-refractivity contribution in [1.29, 1.82) is 0 Å². The third-order valence-corrected chi connectivity index (χ3v) is 11.2. The second-order valence-corrected chi connectivity index (χ2v) is 16.3. The Morgan fingerprint density at radius 2 is 1.68 bits per heavy atom. The number of hydrogen-bond acceptors (Lipinski definition) is 7. The smallest absolute Gasteiger partial charge is 0.410 e. The van der Waals surface area contributed by atoms with Crippen molar-refractivity contribution < 1.29 is 27.1 Å². The number of pyridine rings is 1. The van der Waals surface area contributed by atoms with E-state index >= 15 is 0 Å². The molecule has 10 nitrogen and oxygen atoms in total. The van der Waals surface area contributed by atoms with Crippen LogP contribution in [-0.4, -0.2) is 63.9 Å². The van der Waals surface area contributed by atoms with Crippen LogP contribution in [0.3, 0.4) is 0 Å². The maximum atomic E-state index is 14.0. The van der Waals surface area contributed by atoms with E-state index in [1.54, 1.807) is 65.6 Å². The van der Waals surface area contributed by atoms with Crippen molar-refractivity contribution in [2.75, 3.05) is 20.2 Å². The highest BCUT2D eigenvalue weighted by Gasteiger charge is 2.29. The van der Waals surface area contributed by atoms with E-state index in [2.05, 4.69) is 11.2 Å². The fraction of sp³-hybridized carbons (Fsp3) is 0.293. The van der Waals surface area contributed by atoms with Gasteiger partial charge in [0.2, 0.25) is 0 Å². The number of halogens is 1. The molecule has 1 fully saturated rings. The van der Waals surface area contributed by atoms with Crippen LogP contribution in [0, 0.1) is 12.7 Å². The van der Waals surface area contributed by atoms with Gasteiger partial charge >= 0.3 is 6.09 Å². The number of carbonyl (C=O) groups is 1. The fourth-order valence-corrected chi connectivity index (χ4v) is 8.14. The Morgan fingerprint density at radius 1 is 0.925 bits per heavy atom. The molecule has 0 saturated carbocycles. The molecule has 1 aliphatic heterocycles. The number of amides is 1. The number of carbonyl (C=O) groups excluding carboxylic acids is 1. The lowest BCUT2D eigenvalue weighted by Gasteiger charge is -2.34. The lowest BCUT2D eigenvalue weighted by atomic mass is 9.87. The summed E-state index contributed by atoms with van der Waals surface area (Å²) in [5.41, 5.74) is 5.45. The van der Waals surface area contributed by atoms with Crippen molar-refractivity contribution in [1.82, 2.24) is 23.6 Å². The number of methoxy groups -OCH3 is 1. The zero-order valence-corrected chi connectivity index (χ0v) is 31.2. The molecule has 53 heavy (non-hydrogen) atoms. The van der Waals surface area contributed by atoms with E-state index in [4.69, 9.17) is 14.5 Å². The summed E-state index contributed by atoms with van der Waals surface area (Å²) in [7, 11) is -2.36. The van der Waals surface area contributed by atoms with Gasteiger partial charge in [0.25, 0.3) is 10.0 Å². The summed E-state index contributed by atoms with van der Waals surface area (Å²) in [6.07, 6.45) is 8.03. The summed E-state index contributed by atoms with van der Waals surface area (Å²) < 4.78 is 56.4. The summed E-state index contributed by atoms with van der Waals surface area (Å²) in [5.74, 6) is 0.609. The zero-order chi connectivity index (χ0) is 37.5. The average molecular weight is 736 g/mol. The van der Waals surface area contributed by atoms with Gasteiger partial charge in [-0.15, -0.1) is 0 Å². The molecule has 0 N–H and O–H groups in total. The number of benzene rings is 3. The molecule has 7 rings (SSSR count). The molecule has 0 unspecified atom stereocenters. The first-order valence-corrected chi connectivity index (χ1v) is 19.0. The van der Waals surface area contributed by atoms with Crippen LogP contribution in [0.15, 0.2) is 102 Å². The summed E-state index contributed by atoms with van der Waals surface area (Å²) in [6, 6.07) is 21.1. The molecule has 3 aromatic heterocycles. The lowest BCUT2D eigenvalue weighted by molar-refractivity contribution is 0.0204. The van der Waals surface area contributed by atoms with E-state index in [9.17, 15) is 17.6 Å². The number of piperidine rings is 1. The molecule has 0 aliphatic carbocycles. The maximum Gasteiger partial charge on any atom is 0.410 e. The van der Waals surface area contributed by atoms with Gasteiger partial charge in [0.15, 0.2) is 5.65 Å². The van der Waals surface area contributed by atoms with E-state index in [1.165, 1.54) is 16.1 Å². The normalized spacial score (nSPS) is 14.1. The number of fused-ring (bicyclic) bond motifs is 1. The van der Waals surface area contributed by atoms with Crippen LogP contribution < -0.4 is 4.74 Å². The van der Waals surface area contributed by atoms with Crippen LogP contribution in [0.4, 0.5) is 9.18 Å². The van der Waals surface area contributed by atoms with Crippen molar-refractivity contribution >= 4 is 27.1 Å². The molecule has 274 valence electrons. The second kappa shape index (κ2) is 14.1. The minimum Gasteiger partial charge on any atom is -0.496 e. The van der Waals surface area contributed by atoms with Crippen molar-refractivity contribution in [2.45, 2.75) is 63.5 Å². The van der Waals surface area contributed by atoms with Gasteiger partial charge < -0.3 is 14.4 Å². The number of nitrogens with zero attached hydrogens (tertiary/aromatic N) is 5. The molecule has 0 radical (unpaired) electrons. The SMILES string of the molecule is COc1cc(-c2cnc3c(c2)c(-c2cnn(Cc4cccc(F)c4)c2)cn3S(=O)(=O)c2ccc(C)cc2)ccc1C1CCN(C(=O)OC(C)(C)C)CC1. The topological polar surface area (TPSA) is 109 Å². The highest BCUT2D eigenvalue weighted by Crippen LogP contribution is 2.39. The number of ether oxygens (including phenoxy) is 2. The Kier molecular flexibility index (Phi) is 9.58. The van der Waals surface area contributed by atoms with Crippen LogP contribution in [0.5, 0.6) is 5.75 Å². The molecule has 0 bridgehead atoms. The molecule has 1 aliphatic rings. The van der Waals surface area contributed by atoms with Gasteiger partial charge in [-0.3, -0.25) is 4.68 Å². The predicted molar refractivity (Wildman–Crippen MR) is 202 cm³/mol. The predicted octanol–water partition coefficient (Wildman–Crippen LogP) is 8.42. The molecule has 6 aromatic rings. The van der Waals surface area contributed by atoms with E-state index in [-0.39, 0.29) is 28.4 Å². The van der Waals surface area contributed by atoms with Crippen LogP contribution in [0.1, 0.15) is 56.2 Å². The second-order valence-electron chi connectivity index (χ2n) is 14.5. The van der Waals surface area contributed by atoms with E-state index < -0.39 is 15.6 Å². The molecule has 3 aromatic carbocycles. The van der Waals surface area contributed by atoms with Crippen molar-refractivity contribution in [3.63, 3.8) is 0 Å². The molecular weight excluding hydrogens is 694 g/mol. The fourth-order valence-electron chi connectivity index (χ4n) is 6.81. The number of aryl methyl sites for hydroxylation is 1. The first-order chi connectivity index (χ1) is 25.3. The quantitative estimate of drug-likeness (QED) is 0.154. The van der Waals surface area contributed by atoms with Gasteiger partial charge in [-0.2, -0.15) is 5.10 Å². The van der Waals surface area contributed by atoms with E-state index in [0.29, 0.717) is 36.1 Å². The van der Waals surface area contributed by atoms with Crippen LogP contribution in [0.2, 0.25) is 0 Å². The Bertz CT molecular complexity index is 2410. The minimum absolute atomic E-state index is 0.150. The van der Waals surface area contributed by atoms with E-state index in [1.807, 2.05) is 58.2 Å². The Balaban J connectivity index is 1.24. The number of likely N-dealkylation sites (tertiary alicyclic amines) is 1. The Labute approximate surface area is 308 Å². The van der Waals surface area contributed by atoms with Crippen molar-refractivity contribution in [3.8, 4) is 28.0 Å². The third-order valence-electron chi connectivity index (χ3n) is 9.52. The van der Waals surface area contributed by atoms with Crippen molar-refractivity contribution in [3.05, 3.63) is 120 Å². The van der Waals surface area contributed by atoms with Gasteiger partial charge in [-0.25, -0.2) is 26.6 Å². The van der Waals surface area contributed by atoms with Crippen LogP contribution >= 0.6 is 0 Å². The summed E-state index contributed by atoms with van der Waals surface area (Å²) in [5, 5.41) is 5.15. The summed E-state index contributed by atoms with van der Waals surface area (Å²) >= 11 is 0. The summed E-state index contributed by atoms with van der Waals surface area (Å²) in [6.45, 7) is 9.03. The van der Waals surface area contributed by atoms with Crippen LogP contribution in [0.25, 0.3) is 33.3 Å².